The molecule has 0 unspecified atom stereocenters. The van der Waals surface area contributed by atoms with Gasteiger partial charge in [0.1, 0.15) is 5.75 Å². The van der Waals surface area contributed by atoms with Crippen LogP contribution in [0.3, 0.4) is 0 Å². The van der Waals surface area contributed by atoms with Crippen molar-refractivity contribution in [3.8, 4) is 5.75 Å². The van der Waals surface area contributed by atoms with Gasteiger partial charge in [-0.25, -0.2) is 4.98 Å². The van der Waals surface area contributed by atoms with Crippen LogP contribution >= 0.6 is 0 Å². The summed E-state index contributed by atoms with van der Waals surface area (Å²) in [4.78, 5) is 16.4. The summed E-state index contributed by atoms with van der Waals surface area (Å²) in [5.41, 5.74) is -0.981. The molecule has 0 atom stereocenters. The molecular formula is C17H22F3N3O3. The molecule has 2 aromatic rings. The topological polar surface area (TPSA) is 76.4 Å². The number of hydrogen-bond donors (Lipinski definition) is 2. The van der Waals surface area contributed by atoms with Gasteiger partial charge in [0, 0.05) is 11.6 Å². The maximum atomic E-state index is 12.5. The number of amides is 1. The third-order valence-corrected chi connectivity index (χ3v) is 3.37. The zero-order chi connectivity index (χ0) is 19.9. The van der Waals surface area contributed by atoms with Crippen molar-refractivity contribution >= 4 is 22.9 Å². The summed E-state index contributed by atoms with van der Waals surface area (Å²) >= 11 is 0. The average Bonchev–Trinajstić information content (AvgIpc) is 2.70. The lowest BCUT2D eigenvalue weighted by Crippen LogP contribution is -2.30. The molecule has 0 aliphatic carbocycles. The predicted octanol–water partition coefficient (Wildman–Crippen LogP) is 3.79. The van der Waals surface area contributed by atoms with Crippen molar-refractivity contribution in [3.05, 3.63) is 18.2 Å². The molecule has 0 radical (unpaired) electrons. The van der Waals surface area contributed by atoms with Crippen LogP contribution in [0.5, 0.6) is 5.75 Å². The monoisotopic (exact) mass is 373 g/mol. The molecule has 26 heavy (non-hydrogen) atoms. The van der Waals surface area contributed by atoms with E-state index in [1.165, 1.54) is 26.0 Å². The SMILES string of the molecule is CC(C)(O)CC(=O)Nc1nc2ccc(OC(F)(F)F)cc2n1C(C)(C)C. The largest absolute Gasteiger partial charge is 0.573 e. The van der Waals surface area contributed by atoms with Gasteiger partial charge in [-0.15, -0.1) is 13.2 Å². The van der Waals surface area contributed by atoms with E-state index >= 15 is 0 Å². The highest BCUT2D eigenvalue weighted by atomic mass is 19.4. The lowest BCUT2D eigenvalue weighted by atomic mass is 10.1. The lowest BCUT2D eigenvalue weighted by Gasteiger charge is -2.25. The third kappa shape index (κ3) is 5.10. The van der Waals surface area contributed by atoms with Gasteiger partial charge < -0.3 is 14.4 Å². The van der Waals surface area contributed by atoms with Crippen LogP contribution in [0.4, 0.5) is 19.1 Å². The minimum absolute atomic E-state index is 0.150. The summed E-state index contributed by atoms with van der Waals surface area (Å²) in [6, 6.07) is 3.79. The van der Waals surface area contributed by atoms with Gasteiger partial charge >= 0.3 is 6.36 Å². The fraction of sp³-hybridized carbons (Fsp3) is 0.529. The number of aliphatic hydroxyl groups is 1. The van der Waals surface area contributed by atoms with Gasteiger partial charge in [-0.3, -0.25) is 10.1 Å². The molecule has 0 fully saturated rings. The second-order valence-electron chi connectivity index (χ2n) is 7.68. The Balaban J connectivity index is 2.49. The maximum Gasteiger partial charge on any atom is 0.573 e. The number of nitrogens with one attached hydrogen (secondary N) is 1. The molecular weight excluding hydrogens is 351 g/mol. The third-order valence-electron chi connectivity index (χ3n) is 3.37. The second kappa shape index (κ2) is 6.46. The summed E-state index contributed by atoms with van der Waals surface area (Å²) in [7, 11) is 0. The van der Waals surface area contributed by atoms with E-state index in [9.17, 15) is 23.1 Å². The van der Waals surface area contributed by atoms with Gasteiger partial charge in [-0.1, -0.05) is 0 Å². The molecule has 0 aliphatic rings. The van der Waals surface area contributed by atoms with Crippen LogP contribution in [0.15, 0.2) is 18.2 Å². The van der Waals surface area contributed by atoms with E-state index in [2.05, 4.69) is 15.0 Å². The average molecular weight is 373 g/mol. The first kappa shape index (κ1) is 20.0. The molecule has 0 aliphatic heterocycles. The molecule has 0 saturated carbocycles. The van der Waals surface area contributed by atoms with Crippen molar-refractivity contribution in [3.63, 3.8) is 0 Å². The Hall–Kier alpha value is -2.29. The molecule has 6 nitrogen and oxygen atoms in total. The summed E-state index contributed by atoms with van der Waals surface area (Å²) in [5.74, 6) is -0.638. The summed E-state index contributed by atoms with van der Waals surface area (Å²) < 4.78 is 43.0. The highest BCUT2D eigenvalue weighted by Gasteiger charge is 2.32. The molecule has 0 spiro atoms. The Bertz CT molecular complexity index is 815. The Kier molecular flexibility index (Phi) is 4.97. The molecule has 0 saturated heterocycles. The first-order valence-corrected chi connectivity index (χ1v) is 7.97. The highest BCUT2D eigenvalue weighted by molar-refractivity contribution is 5.92. The zero-order valence-corrected chi connectivity index (χ0v) is 15.2. The van der Waals surface area contributed by atoms with Crippen molar-refractivity contribution in [2.24, 2.45) is 0 Å². The van der Waals surface area contributed by atoms with Crippen LogP contribution in [0.25, 0.3) is 11.0 Å². The van der Waals surface area contributed by atoms with Gasteiger partial charge in [0.05, 0.1) is 23.1 Å². The Labute approximate surface area is 149 Å². The van der Waals surface area contributed by atoms with Crippen LogP contribution in [0, 0.1) is 0 Å². The minimum atomic E-state index is -4.80. The fourth-order valence-corrected chi connectivity index (χ4v) is 2.58. The number of aromatic nitrogens is 2. The molecule has 2 rings (SSSR count). The fourth-order valence-electron chi connectivity index (χ4n) is 2.58. The van der Waals surface area contributed by atoms with Crippen molar-refractivity contribution in [2.75, 3.05) is 5.32 Å². The van der Waals surface area contributed by atoms with Crippen molar-refractivity contribution < 1.29 is 27.8 Å². The number of carbonyl (C=O) groups is 1. The van der Waals surface area contributed by atoms with E-state index in [0.29, 0.717) is 11.0 Å². The Morgan fingerprint density at radius 1 is 1.23 bits per heavy atom. The summed E-state index contributed by atoms with van der Waals surface area (Å²) in [5, 5.41) is 12.4. The lowest BCUT2D eigenvalue weighted by molar-refractivity contribution is -0.274. The van der Waals surface area contributed by atoms with Crippen LogP contribution in [0.2, 0.25) is 0 Å². The number of benzene rings is 1. The van der Waals surface area contributed by atoms with Gasteiger partial charge in [-0.2, -0.15) is 0 Å². The van der Waals surface area contributed by atoms with Gasteiger partial charge in [0.15, 0.2) is 0 Å². The van der Waals surface area contributed by atoms with Gasteiger partial charge in [0.2, 0.25) is 11.9 Å². The van der Waals surface area contributed by atoms with Crippen molar-refractivity contribution in [2.45, 2.75) is 58.5 Å². The number of nitrogens with zero attached hydrogens (tertiary/aromatic N) is 2. The molecule has 9 heteroatoms. The number of anilines is 1. The standard InChI is InChI=1S/C17H22F3N3O3/c1-15(2,3)23-12-8-10(26-17(18,19)20)6-7-11(12)21-14(23)22-13(24)9-16(4,5)25/h6-8,25H,9H2,1-5H3,(H,21,22,24). The normalized spacial score (nSPS) is 13.1. The smallest absolute Gasteiger partial charge is 0.406 e. The van der Waals surface area contributed by atoms with Gasteiger partial charge in [0.25, 0.3) is 0 Å². The summed E-state index contributed by atoms with van der Waals surface area (Å²) in [6.45, 7) is 8.49. The molecule has 2 N–H and O–H groups in total. The number of carbonyl (C=O) groups excluding carboxylic acids is 1. The van der Waals surface area contributed by atoms with Crippen LogP contribution < -0.4 is 10.1 Å². The Morgan fingerprint density at radius 3 is 2.35 bits per heavy atom. The van der Waals surface area contributed by atoms with E-state index in [4.69, 9.17) is 0 Å². The first-order valence-electron chi connectivity index (χ1n) is 7.97. The molecule has 1 heterocycles. The van der Waals surface area contributed by atoms with E-state index in [1.807, 2.05) is 20.8 Å². The number of hydrogen-bond acceptors (Lipinski definition) is 4. The molecule has 1 aromatic carbocycles. The van der Waals surface area contributed by atoms with Crippen LogP contribution in [-0.4, -0.2) is 32.5 Å². The van der Waals surface area contributed by atoms with Crippen molar-refractivity contribution in [1.82, 2.24) is 9.55 Å². The molecule has 1 aromatic heterocycles. The highest BCUT2D eigenvalue weighted by Crippen LogP contribution is 2.32. The minimum Gasteiger partial charge on any atom is -0.406 e. The van der Waals surface area contributed by atoms with Gasteiger partial charge in [-0.05, 0) is 46.8 Å². The van der Waals surface area contributed by atoms with Crippen LogP contribution in [0.1, 0.15) is 41.0 Å². The van der Waals surface area contributed by atoms with Crippen molar-refractivity contribution in [1.29, 1.82) is 0 Å². The van der Waals surface area contributed by atoms with E-state index in [-0.39, 0.29) is 18.1 Å². The van der Waals surface area contributed by atoms with E-state index in [1.54, 1.807) is 4.57 Å². The Morgan fingerprint density at radius 2 is 1.85 bits per heavy atom. The number of rotatable bonds is 4. The van der Waals surface area contributed by atoms with E-state index in [0.717, 1.165) is 6.07 Å². The molecule has 144 valence electrons. The number of ether oxygens (including phenoxy) is 1. The van der Waals surface area contributed by atoms with E-state index < -0.39 is 23.4 Å². The predicted molar refractivity (Wildman–Crippen MR) is 91.0 cm³/mol. The number of alkyl halides is 3. The maximum absolute atomic E-state index is 12.5. The molecule has 1 amide bonds. The summed E-state index contributed by atoms with van der Waals surface area (Å²) in [6.07, 6.45) is -4.95. The number of fused-ring (bicyclic) bond motifs is 1. The number of halogens is 3. The number of imidazole rings is 1. The second-order valence-corrected chi connectivity index (χ2v) is 7.68. The molecule has 0 bridgehead atoms. The quantitative estimate of drug-likeness (QED) is 0.855. The van der Waals surface area contributed by atoms with Crippen LogP contribution in [-0.2, 0) is 10.3 Å². The first-order chi connectivity index (χ1) is 11.7. The zero-order valence-electron chi connectivity index (χ0n) is 15.2.